The van der Waals surface area contributed by atoms with Crippen molar-refractivity contribution in [3.8, 4) is 28.3 Å². The highest BCUT2D eigenvalue weighted by Gasteiger charge is 2.24. The summed E-state index contributed by atoms with van der Waals surface area (Å²) in [5.74, 6) is 1.12. The van der Waals surface area contributed by atoms with Gasteiger partial charge in [0, 0.05) is 23.2 Å². The number of nitrogens with one attached hydrogen (secondary N) is 1. The second-order valence-corrected chi connectivity index (χ2v) is 8.94. The molecule has 0 atom stereocenters. The number of nitrogens with two attached hydrogens (primary N) is 1. The molecule has 1 saturated carbocycles. The van der Waals surface area contributed by atoms with E-state index in [9.17, 15) is 9.90 Å². The van der Waals surface area contributed by atoms with E-state index >= 15 is 0 Å². The van der Waals surface area contributed by atoms with Gasteiger partial charge < -0.3 is 16.2 Å². The van der Waals surface area contributed by atoms with Crippen LogP contribution < -0.4 is 11.1 Å². The first-order chi connectivity index (χ1) is 15.6. The molecule has 1 heterocycles. The summed E-state index contributed by atoms with van der Waals surface area (Å²) in [6.07, 6.45) is 8.04. The maximum absolute atomic E-state index is 12.9. The Morgan fingerprint density at radius 3 is 2.56 bits per heavy atom. The molecule has 4 N–H and O–H groups in total. The third-order valence-corrected chi connectivity index (χ3v) is 6.58. The summed E-state index contributed by atoms with van der Waals surface area (Å²) in [6, 6.07) is 12.7. The van der Waals surface area contributed by atoms with Gasteiger partial charge in [-0.1, -0.05) is 25.3 Å². The number of rotatable bonds is 4. The van der Waals surface area contributed by atoms with E-state index in [4.69, 9.17) is 15.7 Å². The topological polar surface area (TPSA) is 101 Å². The lowest BCUT2D eigenvalue weighted by Gasteiger charge is -2.23. The molecular formula is C26H28N4O2. The number of nitrogens with zero attached hydrogens (tertiary/aromatic N) is 2. The van der Waals surface area contributed by atoms with Crippen molar-refractivity contribution in [1.82, 2.24) is 9.97 Å². The van der Waals surface area contributed by atoms with Crippen molar-refractivity contribution in [1.29, 1.82) is 0 Å². The van der Waals surface area contributed by atoms with Gasteiger partial charge in [-0.05, 0) is 73.6 Å². The number of anilines is 2. The van der Waals surface area contributed by atoms with Gasteiger partial charge in [0.25, 0.3) is 0 Å². The van der Waals surface area contributed by atoms with Crippen LogP contribution in [0.2, 0.25) is 0 Å². The van der Waals surface area contributed by atoms with Crippen LogP contribution >= 0.6 is 0 Å². The van der Waals surface area contributed by atoms with Crippen LogP contribution in [0.25, 0.3) is 22.5 Å². The number of hydrogen-bond donors (Lipinski definition) is 3. The number of aromatic hydroxyl groups is 1. The van der Waals surface area contributed by atoms with Gasteiger partial charge in [-0.3, -0.25) is 4.79 Å². The largest absolute Gasteiger partial charge is 0.508 e. The van der Waals surface area contributed by atoms with E-state index in [0.29, 0.717) is 23.9 Å². The Morgan fingerprint density at radius 1 is 1.00 bits per heavy atom. The minimum Gasteiger partial charge on any atom is -0.508 e. The highest BCUT2D eigenvalue weighted by molar-refractivity contribution is 5.94. The van der Waals surface area contributed by atoms with E-state index in [1.54, 1.807) is 24.3 Å². The smallest absolute Gasteiger partial charge is 0.225 e. The van der Waals surface area contributed by atoms with Gasteiger partial charge in [-0.15, -0.1) is 0 Å². The lowest BCUT2D eigenvalue weighted by Crippen LogP contribution is -2.20. The van der Waals surface area contributed by atoms with E-state index in [-0.39, 0.29) is 11.7 Å². The van der Waals surface area contributed by atoms with Gasteiger partial charge in [0.15, 0.2) is 5.82 Å². The number of benzene rings is 2. The maximum Gasteiger partial charge on any atom is 0.225 e. The Kier molecular flexibility index (Phi) is 5.52. The van der Waals surface area contributed by atoms with Crippen LogP contribution in [-0.4, -0.2) is 21.0 Å². The van der Waals surface area contributed by atoms with Crippen molar-refractivity contribution in [2.75, 3.05) is 11.1 Å². The number of aryl methyl sites for hydroxylation is 2. The number of aromatic nitrogens is 2. The quantitative estimate of drug-likeness (QED) is 0.502. The lowest BCUT2D eigenvalue weighted by molar-refractivity contribution is -0.117. The van der Waals surface area contributed by atoms with Gasteiger partial charge >= 0.3 is 0 Å². The minimum atomic E-state index is -0.00448. The third kappa shape index (κ3) is 4.17. The molecule has 0 saturated heterocycles. The number of carbonyl (C=O) groups excluding carboxylic acids is 1. The van der Waals surface area contributed by atoms with E-state index < -0.39 is 0 Å². The van der Waals surface area contributed by atoms with Gasteiger partial charge in [0.1, 0.15) is 11.4 Å². The molecule has 1 amide bonds. The number of amides is 1. The summed E-state index contributed by atoms with van der Waals surface area (Å²) in [5.41, 5.74) is 12.1. The molecule has 0 bridgehead atoms. The zero-order valence-electron chi connectivity index (χ0n) is 18.1. The highest BCUT2D eigenvalue weighted by Crippen LogP contribution is 2.37. The Bertz CT molecular complexity index is 1150. The van der Waals surface area contributed by atoms with Gasteiger partial charge in [-0.2, -0.15) is 0 Å². The van der Waals surface area contributed by atoms with Crippen molar-refractivity contribution < 1.29 is 9.90 Å². The number of hydrogen-bond acceptors (Lipinski definition) is 5. The van der Waals surface area contributed by atoms with E-state index in [2.05, 4.69) is 5.32 Å². The van der Waals surface area contributed by atoms with Crippen LogP contribution in [0.3, 0.4) is 0 Å². The standard InChI is InChI=1S/C26H28N4O2/c27-19-9-12-21-18(15-19)8-13-22-25(21)30-24(17-6-10-20(31)11-7-17)26(28-22)29-23(32)14-16-4-2-1-3-5-16/h6-7,9-12,15-16,31H,1-5,8,13-14,27H2,(H,28,29,32). The summed E-state index contributed by atoms with van der Waals surface area (Å²) < 4.78 is 0. The monoisotopic (exact) mass is 428 g/mol. The van der Waals surface area contributed by atoms with Crippen molar-refractivity contribution in [2.24, 2.45) is 5.92 Å². The number of phenolic OH excluding ortho intramolecular Hbond substituents is 1. The number of carbonyl (C=O) groups is 1. The zero-order valence-corrected chi connectivity index (χ0v) is 18.1. The molecule has 2 aliphatic carbocycles. The van der Waals surface area contributed by atoms with Crippen LogP contribution in [0.5, 0.6) is 5.75 Å². The lowest BCUT2D eigenvalue weighted by atomic mass is 9.87. The van der Waals surface area contributed by atoms with E-state index in [0.717, 1.165) is 59.4 Å². The summed E-state index contributed by atoms with van der Waals surface area (Å²) in [6.45, 7) is 0. The molecule has 6 nitrogen and oxygen atoms in total. The SMILES string of the molecule is Nc1ccc2c(c1)CCc1nc(NC(=O)CC3CCCCC3)c(-c3ccc(O)cc3)nc1-2. The molecule has 164 valence electrons. The van der Waals surface area contributed by atoms with Crippen molar-refractivity contribution in [2.45, 2.75) is 51.4 Å². The zero-order chi connectivity index (χ0) is 22.1. The summed E-state index contributed by atoms with van der Waals surface area (Å²) in [5, 5.41) is 12.8. The van der Waals surface area contributed by atoms with Crippen molar-refractivity contribution in [3.63, 3.8) is 0 Å². The van der Waals surface area contributed by atoms with Crippen LogP contribution in [-0.2, 0) is 17.6 Å². The maximum atomic E-state index is 12.9. The molecule has 2 aliphatic rings. The highest BCUT2D eigenvalue weighted by atomic mass is 16.3. The molecule has 5 rings (SSSR count). The third-order valence-electron chi connectivity index (χ3n) is 6.58. The molecule has 0 unspecified atom stereocenters. The van der Waals surface area contributed by atoms with Gasteiger partial charge in [0.2, 0.25) is 5.91 Å². The summed E-state index contributed by atoms with van der Waals surface area (Å²) in [4.78, 5) is 22.8. The van der Waals surface area contributed by atoms with Gasteiger partial charge in [-0.25, -0.2) is 9.97 Å². The Balaban J connectivity index is 1.53. The average molecular weight is 429 g/mol. The fourth-order valence-electron chi connectivity index (χ4n) is 4.91. The normalized spacial score (nSPS) is 15.6. The molecular weight excluding hydrogens is 400 g/mol. The van der Waals surface area contributed by atoms with E-state index in [1.165, 1.54) is 19.3 Å². The molecule has 0 aliphatic heterocycles. The molecule has 6 heteroatoms. The first-order valence-corrected chi connectivity index (χ1v) is 11.5. The van der Waals surface area contributed by atoms with Crippen LogP contribution in [0, 0.1) is 5.92 Å². The predicted octanol–water partition coefficient (Wildman–Crippen LogP) is 5.11. The molecule has 0 spiro atoms. The average Bonchev–Trinajstić information content (AvgIpc) is 2.79. The molecule has 3 aromatic rings. The molecule has 0 radical (unpaired) electrons. The first-order valence-electron chi connectivity index (χ1n) is 11.5. The Hall–Kier alpha value is -3.41. The molecule has 1 aromatic heterocycles. The second-order valence-electron chi connectivity index (χ2n) is 8.94. The van der Waals surface area contributed by atoms with Crippen molar-refractivity contribution in [3.05, 3.63) is 53.7 Å². The number of nitrogen functional groups attached to an aromatic ring is 1. The summed E-state index contributed by atoms with van der Waals surface area (Å²) >= 11 is 0. The minimum absolute atomic E-state index is 0.00448. The fraction of sp³-hybridized carbons (Fsp3) is 0.346. The molecule has 1 fully saturated rings. The molecule has 32 heavy (non-hydrogen) atoms. The Labute approximate surface area is 187 Å². The predicted molar refractivity (Wildman–Crippen MR) is 126 cm³/mol. The number of phenols is 1. The first kappa shape index (κ1) is 20.5. The van der Waals surface area contributed by atoms with Crippen LogP contribution in [0.15, 0.2) is 42.5 Å². The van der Waals surface area contributed by atoms with Crippen molar-refractivity contribution >= 4 is 17.4 Å². The van der Waals surface area contributed by atoms with Gasteiger partial charge in [0.05, 0.1) is 11.4 Å². The number of fused-ring (bicyclic) bond motifs is 3. The van der Waals surface area contributed by atoms with Crippen LogP contribution in [0.4, 0.5) is 11.5 Å². The van der Waals surface area contributed by atoms with Crippen LogP contribution in [0.1, 0.15) is 49.8 Å². The molecule has 2 aromatic carbocycles. The Morgan fingerprint density at radius 2 is 1.78 bits per heavy atom. The van der Waals surface area contributed by atoms with E-state index in [1.807, 2.05) is 18.2 Å². The summed E-state index contributed by atoms with van der Waals surface area (Å²) in [7, 11) is 0. The fourth-order valence-corrected chi connectivity index (χ4v) is 4.91. The second kappa shape index (κ2) is 8.61.